The van der Waals surface area contributed by atoms with Crippen LogP contribution in [0.5, 0.6) is 0 Å². The van der Waals surface area contributed by atoms with Gasteiger partial charge in [0.25, 0.3) is 0 Å². The Morgan fingerprint density at radius 3 is 2.62 bits per heavy atom. The summed E-state index contributed by atoms with van der Waals surface area (Å²) in [5.41, 5.74) is 5.04. The van der Waals surface area contributed by atoms with Gasteiger partial charge in [0.1, 0.15) is 5.00 Å². The van der Waals surface area contributed by atoms with Crippen molar-refractivity contribution in [2.45, 2.75) is 44.1 Å². The molecular weight excluding hydrogens is 222 g/mol. The number of thiazole rings is 1. The van der Waals surface area contributed by atoms with E-state index in [9.17, 15) is 5.11 Å². The molecule has 1 saturated carbocycles. The van der Waals surface area contributed by atoms with Crippen molar-refractivity contribution in [2.75, 3.05) is 17.6 Å². The van der Waals surface area contributed by atoms with Gasteiger partial charge in [0.05, 0.1) is 11.8 Å². The maximum absolute atomic E-state index is 10.4. The van der Waals surface area contributed by atoms with Crippen LogP contribution in [-0.4, -0.2) is 22.2 Å². The second-order valence-electron chi connectivity index (χ2n) is 4.56. The lowest BCUT2D eigenvalue weighted by atomic mass is 9.95. The van der Waals surface area contributed by atoms with Crippen molar-refractivity contribution >= 4 is 21.5 Å². The molecule has 1 aliphatic carbocycles. The van der Waals surface area contributed by atoms with Crippen molar-refractivity contribution in [3.63, 3.8) is 0 Å². The standard InChI is InChI=1S/C11H19N3OS/c12-9-7-13-10(16-9)14-8-11(15)5-3-1-2-4-6-11/h7,15H,1-6,8,12H2,(H,13,14). The number of nitrogens with one attached hydrogen (secondary N) is 1. The summed E-state index contributed by atoms with van der Waals surface area (Å²) in [5, 5.41) is 15.1. The number of nitrogens with zero attached hydrogens (tertiary/aromatic N) is 1. The van der Waals surface area contributed by atoms with Gasteiger partial charge in [0.15, 0.2) is 5.13 Å². The summed E-state index contributed by atoms with van der Waals surface area (Å²) in [7, 11) is 0. The molecule has 0 aliphatic heterocycles. The predicted octanol–water partition coefficient (Wildman–Crippen LogP) is 2.22. The van der Waals surface area contributed by atoms with E-state index in [0.29, 0.717) is 11.5 Å². The molecule has 0 radical (unpaired) electrons. The summed E-state index contributed by atoms with van der Waals surface area (Å²) in [5.74, 6) is 0. The summed E-state index contributed by atoms with van der Waals surface area (Å²) in [6.45, 7) is 0.583. The number of rotatable bonds is 3. The lowest BCUT2D eigenvalue weighted by Crippen LogP contribution is -2.36. The minimum Gasteiger partial charge on any atom is -0.389 e. The topological polar surface area (TPSA) is 71.2 Å². The largest absolute Gasteiger partial charge is 0.389 e. The molecule has 1 aromatic heterocycles. The van der Waals surface area contributed by atoms with Gasteiger partial charge in [-0.15, -0.1) is 0 Å². The summed E-state index contributed by atoms with van der Waals surface area (Å²) in [6.07, 6.45) is 8.15. The summed E-state index contributed by atoms with van der Waals surface area (Å²) < 4.78 is 0. The fraction of sp³-hybridized carbons (Fsp3) is 0.727. The number of anilines is 2. The van der Waals surface area contributed by atoms with Crippen molar-refractivity contribution < 1.29 is 5.11 Å². The van der Waals surface area contributed by atoms with Gasteiger partial charge >= 0.3 is 0 Å². The van der Waals surface area contributed by atoms with E-state index in [1.165, 1.54) is 24.2 Å². The smallest absolute Gasteiger partial charge is 0.184 e. The minimum absolute atomic E-state index is 0.559. The molecule has 1 heterocycles. The molecule has 0 unspecified atom stereocenters. The third-order valence-corrected chi connectivity index (χ3v) is 3.91. The zero-order valence-electron chi connectivity index (χ0n) is 9.41. The zero-order valence-corrected chi connectivity index (χ0v) is 10.2. The van der Waals surface area contributed by atoms with E-state index < -0.39 is 5.60 Å². The van der Waals surface area contributed by atoms with Gasteiger partial charge in [-0.1, -0.05) is 37.0 Å². The van der Waals surface area contributed by atoms with E-state index in [-0.39, 0.29) is 0 Å². The number of hydrogen-bond donors (Lipinski definition) is 3. The molecule has 0 saturated heterocycles. The van der Waals surface area contributed by atoms with Crippen LogP contribution in [0.3, 0.4) is 0 Å². The van der Waals surface area contributed by atoms with Crippen LogP contribution in [0.2, 0.25) is 0 Å². The maximum Gasteiger partial charge on any atom is 0.184 e. The lowest BCUT2D eigenvalue weighted by molar-refractivity contribution is 0.0381. The Labute approximate surface area is 99.9 Å². The lowest BCUT2D eigenvalue weighted by Gasteiger charge is -2.26. The molecule has 1 aliphatic rings. The van der Waals surface area contributed by atoms with E-state index in [0.717, 1.165) is 30.8 Å². The van der Waals surface area contributed by atoms with Crippen LogP contribution < -0.4 is 11.1 Å². The van der Waals surface area contributed by atoms with Crippen molar-refractivity contribution in [3.05, 3.63) is 6.20 Å². The highest BCUT2D eigenvalue weighted by Gasteiger charge is 2.27. The highest BCUT2D eigenvalue weighted by atomic mass is 32.1. The monoisotopic (exact) mass is 241 g/mol. The Morgan fingerprint density at radius 2 is 2.06 bits per heavy atom. The fourth-order valence-corrected chi connectivity index (χ4v) is 2.75. The third-order valence-electron chi connectivity index (χ3n) is 3.13. The molecule has 16 heavy (non-hydrogen) atoms. The number of nitrogens with two attached hydrogens (primary N) is 1. The average molecular weight is 241 g/mol. The van der Waals surface area contributed by atoms with Crippen LogP contribution in [0, 0.1) is 0 Å². The molecule has 1 fully saturated rings. The van der Waals surface area contributed by atoms with Crippen molar-refractivity contribution in [2.24, 2.45) is 0 Å². The maximum atomic E-state index is 10.4. The Kier molecular flexibility index (Phi) is 3.66. The Hall–Kier alpha value is -0.810. The van der Waals surface area contributed by atoms with Crippen molar-refractivity contribution in [1.82, 2.24) is 4.98 Å². The van der Waals surface area contributed by atoms with Gasteiger partial charge in [-0.25, -0.2) is 4.98 Å². The molecule has 4 nitrogen and oxygen atoms in total. The first-order valence-corrected chi connectivity index (χ1v) is 6.67. The van der Waals surface area contributed by atoms with Gasteiger partial charge < -0.3 is 16.2 Å². The first-order chi connectivity index (χ1) is 7.68. The highest BCUT2D eigenvalue weighted by molar-refractivity contribution is 7.19. The van der Waals surface area contributed by atoms with Gasteiger partial charge in [-0.05, 0) is 12.8 Å². The molecule has 4 N–H and O–H groups in total. The predicted molar refractivity (Wildman–Crippen MR) is 67.7 cm³/mol. The quantitative estimate of drug-likeness (QED) is 0.710. The highest BCUT2D eigenvalue weighted by Crippen LogP contribution is 2.28. The van der Waals surface area contributed by atoms with Crippen LogP contribution in [-0.2, 0) is 0 Å². The summed E-state index contributed by atoms with van der Waals surface area (Å²) in [6, 6.07) is 0. The first-order valence-electron chi connectivity index (χ1n) is 5.86. The zero-order chi connectivity index (χ0) is 11.4. The van der Waals surface area contributed by atoms with Crippen molar-refractivity contribution in [3.8, 4) is 0 Å². The molecule has 90 valence electrons. The molecule has 0 spiro atoms. The van der Waals surface area contributed by atoms with Gasteiger partial charge in [0, 0.05) is 6.54 Å². The first kappa shape index (κ1) is 11.7. The van der Waals surface area contributed by atoms with Crippen LogP contribution >= 0.6 is 11.3 Å². The molecule has 0 bridgehead atoms. The SMILES string of the molecule is Nc1cnc(NCC2(O)CCCCCC2)s1. The summed E-state index contributed by atoms with van der Waals surface area (Å²) >= 11 is 1.42. The molecule has 2 rings (SSSR count). The van der Waals surface area contributed by atoms with Crippen LogP contribution in [0.4, 0.5) is 10.1 Å². The molecule has 0 atom stereocenters. The third kappa shape index (κ3) is 3.09. The van der Waals surface area contributed by atoms with Crippen LogP contribution in [0.1, 0.15) is 38.5 Å². The molecule has 5 heteroatoms. The average Bonchev–Trinajstić information content (AvgIpc) is 2.54. The number of aliphatic hydroxyl groups is 1. The number of nitrogen functional groups attached to an aromatic ring is 1. The van der Waals surface area contributed by atoms with E-state index >= 15 is 0 Å². The molecule has 0 aromatic carbocycles. The molecule has 1 aromatic rings. The number of hydrogen-bond acceptors (Lipinski definition) is 5. The Morgan fingerprint density at radius 1 is 1.38 bits per heavy atom. The van der Waals surface area contributed by atoms with Gasteiger partial charge in [0.2, 0.25) is 0 Å². The normalized spacial score (nSPS) is 20.3. The van der Waals surface area contributed by atoms with Crippen LogP contribution in [0.25, 0.3) is 0 Å². The Bertz CT molecular complexity index is 332. The Balaban J connectivity index is 1.87. The molecular formula is C11H19N3OS. The second-order valence-corrected chi connectivity index (χ2v) is 5.62. The number of aromatic nitrogens is 1. The van der Waals surface area contributed by atoms with Crippen LogP contribution in [0.15, 0.2) is 6.20 Å². The second kappa shape index (κ2) is 5.01. The van der Waals surface area contributed by atoms with Gasteiger partial charge in [-0.2, -0.15) is 0 Å². The minimum atomic E-state index is -0.559. The van der Waals surface area contributed by atoms with E-state index in [1.807, 2.05) is 0 Å². The van der Waals surface area contributed by atoms with Crippen molar-refractivity contribution in [1.29, 1.82) is 0 Å². The van der Waals surface area contributed by atoms with Gasteiger partial charge in [-0.3, -0.25) is 0 Å². The van der Waals surface area contributed by atoms with E-state index in [1.54, 1.807) is 6.20 Å². The fourth-order valence-electron chi connectivity index (χ4n) is 2.17. The van der Waals surface area contributed by atoms with E-state index in [4.69, 9.17) is 5.73 Å². The summed E-state index contributed by atoms with van der Waals surface area (Å²) in [4.78, 5) is 4.13. The molecule has 0 amide bonds. The van der Waals surface area contributed by atoms with E-state index in [2.05, 4.69) is 10.3 Å².